The smallest absolute Gasteiger partial charge is 0.132 e. The Morgan fingerprint density at radius 1 is 0.488 bits per heavy atom. The number of phenolic OH excluding ortho intramolecular Hbond substituents is 1. The van der Waals surface area contributed by atoms with Crippen LogP contribution in [0.3, 0.4) is 0 Å². The van der Waals surface area contributed by atoms with Crippen molar-refractivity contribution in [2.75, 3.05) is 0 Å². The Labute approximate surface area is 238 Å². The Hall–Kier alpha value is -5.28. The van der Waals surface area contributed by atoms with E-state index in [1.54, 1.807) is 0 Å². The second kappa shape index (κ2) is 9.42. The van der Waals surface area contributed by atoms with Crippen LogP contribution in [0.25, 0.3) is 54.6 Å². The molecule has 2 heterocycles. The fourth-order valence-electron chi connectivity index (χ4n) is 6.54. The van der Waals surface area contributed by atoms with Crippen molar-refractivity contribution >= 4 is 43.5 Å². The van der Waals surface area contributed by atoms with Gasteiger partial charge in [0.05, 0.1) is 5.52 Å². The van der Waals surface area contributed by atoms with Gasteiger partial charge in [-0.2, -0.15) is 0 Å². The van der Waals surface area contributed by atoms with Crippen LogP contribution in [0.5, 0.6) is 5.75 Å². The number of rotatable bonds is 5. The second-order valence-electron chi connectivity index (χ2n) is 10.8. The SMILES string of the molecule is Oc1c(-c2cn(Cc3ccccc3)c3ccccc23)c2c3ccccc3n(Cc3ccccc3)c2c2ccccc12. The molecular formula is C38H28N2O. The zero-order chi connectivity index (χ0) is 27.3. The lowest BCUT2D eigenvalue weighted by molar-refractivity contribution is 0.484. The van der Waals surface area contributed by atoms with Crippen molar-refractivity contribution < 1.29 is 5.11 Å². The maximum atomic E-state index is 12.1. The zero-order valence-corrected chi connectivity index (χ0v) is 22.5. The Kier molecular flexibility index (Phi) is 5.42. The molecule has 0 aliphatic carbocycles. The minimum atomic E-state index is 0.332. The minimum Gasteiger partial charge on any atom is -0.507 e. The predicted molar refractivity (Wildman–Crippen MR) is 171 cm³/mol. The molecular weight excluding hydrogens is 500 g/mol. The normalized spacial score (nSPS) is 11.7. The fourth-order valence-corrected chi connectivity index (χ4v) is 6.54. The minimum absolute atomic E-state index is 0.332. The number of para-hydroxylation sites is 2. The molecule has 0 bridgehead atoms. The molecule has 0 saturated carbocycles. The molecule has 0 aliphatic heterocycles. The first-order valence-electron chi connectivity index (χ1n) is 14.1. The third kappa shape index (κ3) is 3.74. The highest BCUT2D eigenvalue weighted by Gasteiger charge is 2.24. The van der Waals surface area contributed by atoms with Gasteiger partial charge in [0, 0.05) is 68.4 Å². The van der Waals surface area contributed by atoms with Crippen molar-refractivity contribution in [3.63, 3.8) is 0 Å². The molecule has 3 heteroatoms. The first kappa shape index (κ1) is 23.6. The summed E-state index contributed by atoms with van der Waals surface area (Å²) in [5.74, 6) is 0.332. The van der Waals surface area contributed by atoms with Gasteiger partial charge in [-0.1, -0.05) is 121 Å². The van der Waals surface area contributed by atoms with Gasteiger partial charge in [-0.15, -0.1) is 0 Å². The summed E-state index contributed by atoms with van der Waals surface area (Å²) in [4.78, 5) is 0. The Morgan fingerprint density at radius 2 is 1.02 bits per heavy atom. The quantitative estimate of drug-likeness (QED) is 0.237. The lowest BCUT2D eigenvalue weighted by Gasteiger charge is -2.14. The van der Waals surface area contributed by atoms with Gasteiger partial charge in [-0.05, 0) is 23.3 Å². The highest BCUT2D eigenvalue weighted by atomic mass is 16.3. The van der Waals surface area contributed by atoms with Crippen molar-refractivity contribution in [2.24, 2.45) is 0 Å². The average molecular weight is 529 g/mol. The number of nitrogens with zero attached hydrogens (tertiary/aromatic N) is 2. The highest BCUT2D eigenvalue weighted by molar-refractivity contribution is 6.27. The number of benzene rings is 6. The number of aromatic nitrogens is 2. The zero-order valence-electron chi connectivity index (χ0n) is 22.5. The molecule has 1 N–H and O–H groups in total. The van der Waals surface area contributed by atoms with Crippen LogP contribution < -0.4 is 0 Å². The molecule has 0 spiro atoms. The number of hydrogen-bond donors (Lipinski definition) is 1. The van der Waals surface area contributed by atoms with E-state index in [4.69, 9.17) is 0 Å². The summed E-state index contributed by atoms with van der Waals surface area (Å²) in [5.41, 5.74) is 7.90. The molecule has 3 nitrogen and oxygen atoms in total. The molecule has 8 aromatic rings. The van der Waals surface area contributed by atoms with E-state index < -0.39 is 0 Å². The van der Waals surface area contributed by atoms with Crippen molar-refractivity contribution in [1.82, 2.24) is 9.13 Å². The van der Waals surface area contributed by atoms with Crippen molar-refractivity contribution in [3.05, 3.63) is 151 Å². The van der Waals surface area contributed by atoms with Gasteiger partial charge in [-0.25, -0.2) is 0 Å². The predicted octanol–water partition coefficient (Wildman–Crippen LogP) is 9.37. The van der Waals surface area contributed by atoms with Gasteiger partial charge in [0.15, 0.2) is 0 Å². The summed E-state index contributed by atoms with van der Waals surface area (Å²) < 4.78 is 4.73. The van der Waals surface area contributed by atoms with E-state index in [2.05, 4.69) is 137 Å². The van der Waals surface area contributed by atoms with Crippen LogP contribution >= 0.6 is 0 Å². The first-order chi connectivity index (χ1) is 20.3. The second-order valence-corrected chi connectivity index (χ2v) is 10.8. The number of aromatic hydroxyl groups is 1. The molecule has 0 atom stereocenters. The van der Waals surface area contributed by atoms with Crippen molar-refractivity contribution in [3.8, 4) is 16.9 Å². The lowest BCUT2D eigenvalue weighted by atomic mass is 9.93. The van der Waals surface area contributed by atoms with E-state index in [9.17, 15) is 5.11 Å². The molecule has 196 valence electrons. The lowest BCUT2D eigenvalue weighted by Crippen LogP contribution is -2.00. The molecule has 0 aliphatic rings. The van der Waals surface area contributed by atoms with Gasteiger partial charge in [0.25, 0.3) is 0 Å². The average Bonchev–Trinajstić information content (AvgIpc) is 3.55. The molecule has 0 amide bonds. The fraction of sp³-hybridized carbons (Fsp3) is 0.0526. The van der Waals surface area contributed by atoms with Crippen molar-refractivity contribution in [2.45, 2.75) is 13.1 Å². The van der Waals surface area contributed by atoms with Gasteiger partial charge >= 0.3 is 0 Å². The third-order valence-corrected chi connectivity index (χ3v) is 8.33. The largest absolute Gasteiger partial charge is 0.507 e. The summed E-state index contributed by atoms with van der Waals surface area (Å²) in [6.07, 6.45) is 2.23. The van der Waals surface area contributed by atoms with Crippen LogP contribution in [-0.4, -0.2) is 14.2 Å². The van der Waals surface area contributed by atoms with Crippen LogP contribution in [0, 0.1) is 0 Å². The monoisotopic (exact) mass is 528 g/mol. The van der Waals surface area contributed by atoms with Crippen LogP contribution in [-0.2, 0) is 13.1 Å². The molecule has 41 heavy (non-hydrogen) atoms. The molecule has 0 fully saturated rings. The van der Waals surface area contributed by atoms with E-state index >= 15 is 0 Å². The van der Waals surface area contributed by atoms with Crippen LogP contribution in [0.15, 0.2) is 140 Å². The molecule has 0 saturated heterocycles. The van der Waals surface area contributed by atoms with Crippen molar-refractivity contribution in [1.29, 1.82) is 0 Å². The molecule has 0 unspecified atom stereocenters. The maximum absolute atomic E-state index is 12.1. The Morgan fingerprint density at radius 3 is 1.73 bits per heavy atom. The van der Waals surface area contributed by atoms with Gasteiger partial charge < -0.3 is 14.2 Å². The first-order valence-corrected chi connectivity index (χ1v) is 14.1. The Bertz CT molecular complexity index is 2200. The number of hydrogen-bond acceptors (Lipinski definition) is 1. The van der Waals surface area contributed by atoms with E-state index in [1.165, 1.54) is 11.1 Å². The summed E-state index contributed by atoms with van der Waals surface area (Å²) in [6, 6.07) is 46.6. The van der Waals surface area contributed by atoms with Gasteiger partial charge in [0.1, 0.15) is 5.75 Å². The van der Waals surface area contributed by atoms with E-state index in [0.29, 0.717) is 5.75 Å². The van der Waals surface area contributed by atoms with E-state index in [-0.39, 0.29) is 0 Å². The standard InChI is InChI=1S/C38H28N2O/c41-38-30-19-8-7-18-29(30)37-35(31-20-10-12-22-34(31)40(37)24-27-15-5-2-6-16-27)36(38)32-25-39(23-26-13-3-1-4-14-26)33-21-11-9-17-28(32)33/h1-22,25,41H,23-24H2. The van der Waals surface area contributed by atoms with Crippen LogP contribution in [0.1, 0.15) is 11.1 Å². The summed E-state index contributed by atoms with van der Waals surface area (Å²) >= 11 is 0. The number of phenols is 1. The van der Waals surface area contributed by atoms with E-state index in [1.807, 2.05) is 12.1 Å². The van der Waals surface area contributed by atoms with Gasteiger partial charge in [-0.3, -0.25) is 0 Å². The highest BCUT2D eigenvalue weighted by Crippen LogP contribution is 2.49. The van der Waals surface area contributed by atoms with Crippen LogP contribution in [0.4, 0.5) is 0 Å². The van der Waals surface area contributed by atoms with Crippen LogP contribution in [0.2, 0.25) is 0 Å². The molecule has 6 aromatic carbocycles. The van der Waals surface area contributed by atoms with Gasteiger partial charge in [0.2, 0.25) is 0 Å². The summed E-state index contributed by atoms with van der Waals surface area (Å²) in [6.45, 7) is 1.50. The number of fused-ring (bicyclic) bond motifs is 6. The maximum Gasteiger partial charge on any atom is 0.132 e. The third-order valence-electron chi connectivity index (χ3n) is 8.33. The Balaban J connectivity index is 1.50. The molecule has 0 radical (unpaired) electrons. The summed E-state index contributed by atoms with van der Waals surface area (Å²) in [5, 5.41) is 17.4. The molecule has 8 rings (SSSR count). The summed E-state index contributed by atoms with van der Waals surface area (Å²) in [7, 11) is 0. The van der Waals surface area contributed by atoms with E-state index in [0.717, 1.165) is 67.7 Å². The topological polar surface area (TPSA) is 30.1 Å². The molecule has 2 aromatic heterocycles.